The van der Waals surface area contributed by atoms with Gasteiger partial charge in [-0.2, -0.15) is 5.26 Å². The number of hydrogen-bond donors (Lipinski definition) is 0. The van der Waals surface area contributed by atoms with Gasteiger partial charge in [-0.05, 0) is 18.9 Å². The lowest BCUT2D eigenvalue weighted by Crippen LogP contribution is -2.11. The van der Waals surface area contributed by atoms with Gasteiger partial charge in [-0.1, -0.05) is 48.3 Å². The number of aryl methyl sites for hydroxylation is 1. The van der Waals surface area contributed by atoms with Crippen molar-refractivity contribution in [2.75, 3.05) is 7.11 Å². The minimum atomic E-state index is -0.310. The monoisotopic (exact) mass is 230 g/mol. The topological polar surface area (TPSA) is 45.4 Å². The molecule has 1 unspecified atom stereocenters. The Kier molecular flexibility index (Phi) is 5.22. The van der Waals surface area contributed by atoms with Crippen LogP contribution >= 0.6 is 0 Å². The highest BCUT2D eigenvalue weighted by atomic mass is 16.6. The molecule has 0 spiro atoms. The summed E-state index contributed by atoms with van der Waals surface area (Å²) in [6, 6.07) is 10.3. The highest BCUT2D eigenvalue weighted by Gasteiger charge is 2.17. The average Bonchev–Trinajstić information content (AvgIpc) is 2.33. The van der Waals surface area contributed by atoms with Crippen LogP contribution in [0.1, 0.15) is 36.8 Å². The van der Waals surface area contributed by atoms with Gasteiger partial charge in [0.05, 0.1) is 11.8 Å². The molecule has 17 heavy (non-hydrogen) atoms. The summed E-state index contributed by atoms with van der Waals surface area (Å²) in [4.78, 5) is 4.82. The van der Waals surface area contributed by atoms with Crippen LogP contribution in [0, 0.1) is 18.3 Å². The zero-order valence-electron chi connectivity index (χ0n) is 10.6. The second-order valence-corrected chi connectivity index (χ2v) is 3.99. The van der Waals surface area contributed by atoms with E-state index in [1.54, 1.807) is 0 Å². The summed E-state index contributed by atoms with van der Waals surface area (Å²) in [6.45, 7) is 4.09. The van der Waals surface area contributed by atoms with Gasteiger partial charge in [0.25, 0.3) is 0 Å². The van der Waals surface area contributed by atoms with Crippen molar-refractivity contribution in [3.63, 3.8) is 0 Å². The minimum Gasteiger partial charge on any atom is -0.399 e. The highest BCUT2D eigenvalue weighted by molar-refractivity contribution is 5.92. The van der Waals surface area contributed by atoms with Gasteiger partial charge < -0.3 is 4.84 Å². The van der Waals surface area contributed by atoms with E-state index >= 15 is 0 Å². The summed E-state index contributed by atoms with van der Waals surface area (Å²) in [5.74, 6) is -0.310. The third-order valence-electron chi connectivity index (χ3n) is 2.59. The van der Waals surface area contributed by atoms with Crippen LogP contribution in [0.15, 0.2) is 29.4 Å². The molecule has 0 heterocycles. The predicted molar refractivity (Wildman–Crippen MR) is 68.9 cm³/mol. The molecule has 0 amide bonds. The van der Waals surface area contributed by atoms with Crippen LogP contribution in [-0.2, 0) is 4.84 Å². The zero-order chi connectivity index (χ0) is 12.7. The molecule has 0 bridgehead atoms. The van der Waals surface area contributed by atoms with E-state index in [4.69, 9.17) is 4.84 Å². The summed E-state index contributed by atoms with van der Waals surface area (Å²) in [5, 5.41) is 13.3. The third-order valence-corrected chi connectivity index (χ3v) is 2.59. The summed E-state index contributed by atoms with van der Waals surface area (Å²) < 4.78 is 0. The molecule has 1 atom stereocenters. The molecule has 1 rings (SSSR count). The lowest BCUT2D eigenvalue weighted by Gasteiger charge is -2.11. The normalized spacial score (nSPS) is 12.9. The second kappa shape index (κ2) is 6.70. The van der Waals surface area contributed by atoms with Crippen LogP contribution in [-0.4, -0.2) is 12.8 Å². The van der Waals surface area contributed by atoms with E-state index in [1.807, 2.05) is 31.2 Å². The van der Waals surface area contributed by atoms with E-state index in [2.05, 4.69) is 18.1 Å². The van der Waals surface area contributed by atoms with E-state index in [1.165, 1.54) is 12.7 Å². The fourth-order valence-electron chi connectivity index (χ4n) is 1.72. The first kappa shape index (κ1) is 13.2. The second-order valence-electron chi connectivity index (χ2n) is 3.99. The van der Waals surface area contributed by atoms with Gasteiger partial charge in [0.1, 0.15) is 13.0 Å². The van der Waals surface area contributed by atoms with Gasteiger partial charge in [0.15, 0.2) is 0 Å². The predicted octanol–water partition coefficient (Wildman–Crippen LogP) is 3.40. The van der Waals surface area contributed by atoms with Crippen molar-refractivity contribution in [2.45, 2.75) is 32.6 Å². The highest BCUT2D eigenvalue weighted by Crippen LogP contribution is 2.20. The third kappa shape index (κ3) is 3.60. The summed E-state index contributed by atoms with van der Waals surface area (Å²) in [5.41, 5.74) is 2.95. The van der Waals surface area contributed by atoms with Crippen LogP contribution in [0.2, 0.25) is 0 Å². The zero-order valence-corrected chi connectivity index (χ0v) is 10.6. The van der Waals surface area contributed by atoms with E-state index < -0.39 is 0 Å². The molecule has 3 heteroatoms. The smallest absolute Gasteiger partial charge is 0.113 e. The van der Waals surface area contributed by atoms with E-state index in [0.717, 1.165) is 24.1 Å². The number of nitriles is 1. The first-order valence-electron chi connectivity index (χ1n) is 5.79. The van der Waals surface area contributed by atoms with Crippen LogP contribution in [0.5, 0.6) is 0 Å². The van der Waals surface area contributed by atoms with Gasteiger partial charge in [-0.3, -0.25) is 0 Å². The van der Waals surface area contributed by atoms with Gasteiger partial charge >= 0.3 is 0 Å². The molecule has 1 aromatic carbocycles. The fraction of sp³-hybridized carbons (Fsp3) is 0.429. The first-order valence-corrected chi connectivity index (χ1v) is 5.79. The fourth-order valence-corrected chi connectivity index (χ4v) is 1.72. The molecular weight excluding hydrogens is 212 g/mol. The number of nitrogens with zero attached hydrogens (tertiary/aromatic N) is 2. The van der Waals surface area contributed by atoms with Crippen molar-refractivity contribution in [1.29, 1.82) is 5.26 Å². The Morgan fingerprint density at radius 1 is 1.41 bits per heavy atom. The molecule has 0 radical (unpaired) electrons. The number of hydrogen-bond acceptors (Lipinski definition) is 3. The molecule has 0 saturated carbocycles. The minimum absolute atomic E-state index is 0.310. The summed E-state index contributed by atoms with van der Waals surface area (Å²) in [7, 11) is 1.51. The number of benzene rings is 1. The van der Waals surface area contributed by atoms with Crippen molar-refractivity contribution in [1.82, 2.24) is 0 Å². The quantitative estimate of drug-likeness (QED) is 0.574. The molecule has 90 valence electrons. The number of rotatable bonds is 5. The summed E-state index contributed by atoms with van der Waals surface area (Å²) in [6.07, 6.45) is 1.73. The Morgan fingerprint density at radius 2 is 2.06 bits per heavy atom. The van der Waals surface area contributed by atoms with E-state index in [-0.39, 0.29) is 5.92 Å². The maximum atomic E-state index is 9.29. The van der Waals surface area contributed by atoms with Gasteiger partial charge in [0, 0.05) is 0 Å². The molecule has 1 aromatic rings. The first-order chi connectivity index (χ1) is 8.22. The van der Waals surface area contributed by atoms with Crippen molar-refractivity contribution >= 4 is 5.71 Å². The Balaban J connectivity index is 3.01. The van der Waals surface area contributed by atoms with Crippen LogP contribution in [0.3, 0.4) is 0 Å². The van der Waals surface area contributed by atoms with E-state index in [9.17, 15) is 5.26 Å². The van der Waals surface area contributed by atoms with Crippen molar-refractivity contribution in [2.24, 2.45) is 5.16 Å². The molecule has 0 aromatic heterocycles. The molecular formula is C14H18N2O. The Labute approximate surface area is 103 Å². The molecule has 0 aliphatic heterocycles. The van der Waals surface area contributed by atoms with Crippen molar-refractivity contribution < 1.29 is 4.84 Å². The van der Waals surface area contributed by atoms with Gasteiger partial charge in [-0.15, -0.1) is 0 Å². The molecule has 0 fully saturated rings. The largest absolute Gasteiger partial charge is 0.399 e. The van der Waals surface area contributed by atoms with Crippen molar-refractivity contribution in [3.05, 3.63) is 35.4 Å². The molecule has 3 nitrogen and oxygen atoms in total. The lowest BCUT2D eigenvalue weighted by molar-refractivity contribution is 0.211. The molecule has 0 aliphatic rings. The van der Waals surface area contributed by atoms with Crippen LogP contribution < -0.4 is 0 Å². The Hall–Kier alpha value is -1.82. The maximum Gasteiger partial charge on any atom is 0.113 e. The molecule has 0 aliphatic carbocycles. The average molecular weight is 230 g/mol. The molecule has 0 saturated heterocycles. The number of oxime groups is 1. The van der Waals surface area contributed by atoms with Gasteiger partial charge in [0.2, 0.25) is 0 Å². The Morgan fingerprint density at radius 3 is 2.53 bits per heavy atom. The maximum absolute atomic E-state index is 9.29. The van der Waals surface area contributed by atoms with Crippen LogP contribution in [0.25, 0.3) is 0 Å². The van der Waals surface area contributed by atoms with Crippen LogP contribution in [0.4, 0.5) is 0 Å². The lowest BCUT2D eigenvalue weighted by atomic mass is 9.92. The van der Waals surface area contributed by atoms with Crippen molar-refractivity contribution in [3.8, 4) is 6.07 Å². The molecule has 0 N–H and O–H groups in total. The standard InChI is InChI=1S/C14H18N2O/c1-4-5-14(16-17-3)13(10-15)12-8-6-11(2)7-9-12/h6-9,13H,4-5H2,1-3H3. The van der Waals surface area contributed by atoms with Gasteiger partial charge in [-0.25, -0.2) is 0 Å². The van der Waals surface area contributed by atoms with E-state index in [0.29, 0.717) is 0 Å². The SMILES string of the molecule is CCCC(=NOC)C(C#N)c1ccc(C)cc1. The Bertz CT molecular complexity index is 415. The summed E-state index contributed by atoms with van der Waals surface area (Å²) >= 11 is 0.